The van der Waals surface area contributed by atoms with Gasteiger partial charge in [-0.05, 0) is 30.9 Å². The van der Waals surface area contributed by atoms with Crippen LogP contribution in [0.2, 0.25) is 0 Å². The van der Waals surface area contributed by atoms with Gasteiger partial charge < -0.3 is 10.2 Å². The molecule has 1 amide bonds. The molecule has 25 heavy (non-hydrogen) atoms. The van der Waals surface area contributed by atoms with Crippen LogP contribution in [0.5, 0.6) is 0 Å². The van der Waals surface area contributed by atoms with Gasteiger partial charge in [0, 0.05) is 37.9 Å². The van der Waals surface area contributed by atoms with Gasteiger partial charge in [0.05, 0.1) is 0 Å². The van der Waals surface area contributed by atoms with Crippen LogP contribution in [0.3, 0.4) is 0 Å². The predicted octanol–water partition coefficient (Wildman–Crippen LogP) is 3.06. The van der Waals surface area contributed by atoms with Gasteiger partial charge in [-0.15, -0.1) is 0 Å². The summed E-state index contributed by atoms with van der Waals surface area (Å²) in [7, 11) is 0. The summed E-state index contributed by atoms with van der Waals surface area (Å²) in [6.07, 6.45) is 10.8. The van der Waals surface area contributed by atoms with Crippen molar-refractivity contribution in [3.63, 3.8) is 0 Å². The molecular weight excluding hydrogens is 312 g/mol. The first-order chi connectivity index (χ1) is 12.3. The highest BCUT2D eigenvalue weighted by Crippen LogP contribution is 2.15. The number of nitrogens with zero attached hydrogens (tertiary/aromatic N) is 3. The van der Waals surface area contributed by atoms with Crippen LogP contribution in [-0.4, -0.2) is 35.0 Å². The van der Waals surface area contributed by atoms with E-state index in [1.54, 1.807) is 12.4 Å². The average Bonchev–Trinajstić information content (AvgIpc) is 2.67. The van der Waals surface area contributed by atoms with Crippen LogP contribution in [0.15, 0.2) is 54.9 Å². The molecule has 130 valence electrons. The van der Waals surface area contributed by atoms with Crippen molar-refractivity contribution in [2.45, 2.75) is 31.7 Å². The fourth-order valence-corrected chi connectivity index (χ4v) is 2.98. The zero-order valence-corrected chi connectivity index (χ0v) is 14.3. The van der Waals surface area contributed by atoms with E-state index in [9.17, 15) is 4.79 Å². The first kappa shape index (κ1) is 17.1. The van der Waals surface area contributed by atoms with Crippen molar-refractivity contribution < 1.29 is 4.79 Å². The molecule has 2 heterocycles. The van der Waals surface area contributed by atoms with Crippen LogP contribution in [0.25, 0.3) is 6.08 Å². The molecule has 3 rings (SSSR count). The molecule has 1 fully saturated rings. The summed E-state index contributed by atoms with van der Waals surface area (Å²) in [6, 6.07) is 12.2. The summed E-state index contributed by atoms with van der Waals surface area (Å²) in [5.74, 6) is 0.908. The Labute approximate surface area is 148 Å². The number of hydrogen-bond acceptors (Lipinski definition) is 4. The molecule has 1 aromatic carbocycles. The molecule has 0 radical (unpaired) electrons. The topological polar surface area (TPSA) is 58.1 Å². The van der Waals surface area contributed by atoms with E-state index in [4.69, 9.17) is 0 Å². The molecule has 1 N–H and O–H groups in total. The molecule has 0 spiro atoms. The maximum atomic E-state index is 12.1. The molecule has 5 nitrogen and oxygen atoms in total. The molecule has 0 atom stereocenters. The van der Waals surface area contributed by atoms with Gasteiger partial charge in [-0.1, -0.05) is 42.5 Å². The third-order valence-corrected chi connectivity index (χ3v) is 4.34. The number of carbonyl (C=O) groups excluding carboxylic acids is 1. The summed E-state index contributed by atoms with van der Waals surface area (Å²) in [5.41, 5.74) is 1.17. The Balaban J connectivity index is 1.36. The Bertz CT molecular complexity index is 679. The minimum Gasteiger partial charge on any atom is -0.353 e. The number of benzene rings is 1. The Morgan fingerprint density at radius 1 is 1.12 bits per heavy atom. The third kappa shape index (κ3) is 5.41. The van der Waals surface area contributed by atoms with E-state index >= 15 is 0 Å². The first-order valence-electron chi connectivity index (χ1n) is 8.84. The quantitative estimate of drug-likeness (QED) is 0.881. The fraction of sp³-hybridized carbons (Fsp3) is 0.350. The fourth-order valence-electron chi connectivity index (χ4n) is 2.98. The van der Waals surface area contributed by atoms with Gasteiger partial charge >= 0.3 is 0 Å². The van der Waals surface area contributed by atoms with Crippen molar-refractivity contribution >= 4 is 17.9 Å². The lowest BCUT2D eigenvalue weighted by Gasteiger charge is -2.32. The van der Waals surface area contributed by atoms with Gasteiger partial charge in [0.2, 0.25) is 11.9 Å². The monoisotopic (exact) mass is 336 g/mol. The van der Waals surface area contributed by atoms with Crippen LogP contribution < -0.4 is 10.2 Å². The van der Waals surface area contributed by atoms with Crippen molar-refractivity contribution in [1.82, 2.24) is 15.3 Å². The number of amides is 1. The second-order valence-electron chi connectivity index (χ2n) is 6.23. The van der Waals surface area contributed by atoms with Crippen LogP contribution in [0.4, 0.5) is 5.95 Å². The molecule has 1 aliphatic rings. The van der Waals surface area contributed by atoms with Crippen LogP contribution in [0.1, 0.15) is 31.2 Å². The minimum absolute atomic E-state index is 0.132. The van der Waals surface area contributed by atoms with E-state index in [1.165, 1.54) is 5.56 Å². The number of anilines is 1. The van der Waals surface area contributed by atoms with E-state index in [1.807, 2.05) is 24.3 Å². The average molecular weight is 336 g/mol. The second kappa shape index (κ2) is 8.97. The Morgan fingerprint density at radius 3 is 2.56 bits per heavy atom. The maximum Gasteiger partial charge on any atom is 0.225 e. The molecule has 0 bridgehead atoms. The Hall–Kier alpha value is -2.69. The molecule has 1 aliphatic heterocycles. The second-order valence-corrected chi connectivity index (χ2v) is 6.23. The largest absolute Gasteiger partial charge is 0.353 e. The highest BCUT2D eigenvalue weighted by molar-refractivity contribution is 5.76. The zero-order chi connectivity index (χ0) is 17.3. The van der Waals surface area contributed by atoms with Crippen molar-refractivity contribution in [1.29, 1.82) is 0 Å². The Morgan fingerprint density at radius 2 is 1.84 bits per heavy atom. The van der Waals surface area contributed by atoms with E-state index in [0.717, 1.165) is 38.3 Å². The minimum atomic E-state index is 0.132. The lowest BCUT2D eigenvalue weighted by Crippen LogP contribution is -2.45. The number of piperidine rings is 1. The van der Waals surface area contributed by atoms with Gasteiger partial charge in [-0.25, -0.2) is 9.97 Å². The molecule has 5 heteroatoms. The molecule has 0 unspecified atom stereocenters. The summed E-state index contributed by atoms with van der Waals surface area (Å²) >= 11 is 0. The third-order valence-electron chi connectivity index (χ3n) is 4.34. The van der Waals surface area contributed by atoms with Gasteiger partial charge in [-0.2, -0.15) is 0 Å². The number of carbonyl (C=O) groups is 1. The lowest BCUT2D eigenvalue weighted by molar-refractivity contribution is -0.121. The number of hydrogen-bond donors (Lipinski definition) is 1. The molecule has 2 aromatic rings. The summed E-state index contributed by atoms with van der Waals surface area (Å²) in [4.78, 5) is 22.8. The van der Waals surface area contributed by atoms with Gasteiger partial charge in [0.1, 0.15) is 0 Å². The van der Waals surface area contributed by atoms with Gasteiger partial charge in [0.25, 0.3) is 0 Å². The molecule has 0 aliphatic carbocycles. The smallest absolute Gasteiger partial charge is 0.225 e. The Kier molecular flexibility index (Phi) is 6.15. The standard InChI is InChI=1S/C20H24N4O/c25-19(10-5-4-9-17-7-2-1-3-8-17)23-18-11-15-24(16-12-18)20-21-13-6-14-22-20/h1-4,6-9,13-14,18H,5,10-12,15-16H2,(H,23,25)/b9-4+. The van der Waals surface area contributed by atoms with E-state index < -0.39 is 0 Å². The van der Waals surface area contributed by atoms with Crippen molar-refractivity contribution in [3.05, 3.63) is 60.4 Å². The molecule has 1 aromatic heterocycles. The number of allylic oxidation sites excluding steroid dienone is 1. The molecule has 0 saturated carbocycles. The van der Waals surface area contributed by atoms with Crippen LogP contribution >= 0.6 is 0 Å². The summed E-state index contributed by atoms with van der Waals surface area (Å²) in [6.45, 7) is 1.76. The highest BCUT2D eigenvalue weighted by Gasteiger charge is 2.21. The molecule has 1 saturated heterocycles. The van der Waals surface area contributed by atoms with Gasteiger partial charge in [0.15, 0.2) is 0 Å². The molecular formula is C20H24N4O. The highest BCUT2D eigenvalue weighted by atomic mass is 16.1. The number of aromatic nitrogens is 2. The van der Waals surface area contributed by atoms with Crippen LogP contribution in [-0.2, 0) is 4.79 Å². The predicted molar refractivity (Wildman–Crippen MR) is 100 cm³/mol. The van der Waals surface area contributed by atoms with E-state index in [0.29, 0.717) is 6.42 Å². The van der Waals surface area contributed by atoms with Gasteiger partial charge in [-0.3, -0.25) is 4.79 Å². The zero-order valence-electron chi connectivity index (χ0n) is 14.3. The number of rotatable bonds is 6. The maximum absolute atomic E-state index is 12.1. The lowest BCUT2D eigenvalue weighted by atomic mass is 10.0. The SMILES string of the molecule is O=C(CC/C=C/c1ccccc1)NC1CCN(c2ncccn2)CC1. The van der Waals surface area contributed by atoms with E-state index in [-0.39, 0.29) is 11.9 Å². The van der Waals surface area contributed by atoms with E-state index in [2.05, 4.69) is 44.5 Å². The first-order valence-corrected chi connectivity index (χ1v) is 8.84. The summed E-state index contributed by atoms with van der Waals surface area (Å²) < 4.78 is 0. The van der Waals surface area contributed by atoms with Crippen molar-refractivity contribution in [3.8, 4) is 0 Å². The summed E-state index contributed by atoms with van der Waals surface area (Å²) in [5, 5.41) is 3.15. The number of nitrogens with one attached hydrogen (secondary N) is 1. The van der Waals surface area contributed by atoms with Crippen LogP contribution in [0, 0.1) is 0 Å². The van der Waals surface area contributed by atoms with Crippen molar-refractivity contribution in [2.75, 3.05) is 18.0 Å². The van der Waals surface area contributed by atoms with Crippen molar-refractivity contribution in [2.24, 2.45) is 0 Å². The normalized spacial score (nSPS) is 15.4.